The summed E-state index contributed by atoms with van der Waals surface area (Å²) >= 11 is 3.60. The van der Waals surface area contributed by atoms with Gasteiger partial charge in [-0.25, -0.2) is 0 Å². The number of esters is 1. The highest BCUT2D eigenvalue weighted by molar-refractivity contribution is 9.09. The Bertz CT molecular complexity index is 646. The number of likely N-dealkylation sites (tertiary alicyclic amines) is 1. The van der Waals surface area contributed by atoms with E-state index >= 15 is 0 Å². The van der Waals surface area contributed by atoms with Gasteiger partial charge in [-0.15, -0.1) is 0 Å². The first-order valence-corrected chi connectivity index (χ1v) is 11.5. The molecule has 164 valence electrons. The van der Waals surface area contributed by atoms with Crippen LogP contribution in [0, 0.1) is 11.8 Å². The van der Waals surface area contributed by atoms with Gasteiger partial charge in [0.05, 0.1) is 24.5 Å². The molecule has 0 aromatic carbocycles. The van der Waals surface area contributed by atoms with E-state index in [-0.39, 0.29) is 29.9 Å². The third-order valence-electron chi connectivity index (χ3n) is 6.23. The van der Waals surface area contributed by atoms with Crippen LogP contribution in [0.3, 0.4) is 0 Å². The Morgan fingerprint density at radius 3 is 2.76 bits per heavy atom. The maximum absolute atomic E-state index is 13.4. The summed E-state index contributed by atoms with van der Waals surface area (Å²) in [7, 11) is 0. The largest absolute Gasteiger partial charge is 0.466 e. The molecule has 0 aromatic rings. The number of hydrogen-bond donors (Lipinski definition) is 2. The Labute approximate surface area is 179 Å². The maximum atomic E-state index is 13.4. The van der Waals surface area contributed by atoms with Crippen molar-refractivity contribution in [1.82, 2.24) is 10.2 Å². The molecule has 3 heterocycles. The summed E-state index contributed by atoms with van der Waals surface area (Å²) in [5.74, 6) is -2.32. The molecule has 3 saturated heterocycles. The number of alkyl halides is 1. The number of fused-ring (bicyclic) bond motifs is 1. The Balaban J connectivity index is 1.92. The molecule has 0 aliphatic carbocycles. The van der Waals surface area contributed by atoms with Crippen LogP contribution in [0.15, 0.2) is 0 Å². The van der Waals surface area contributed by atoms with Crippen molar-refractivity contribution in [1.29, 1.82) is 0 Å². The van der Waals surface area contributed by atoms with Crippen molar-refractivity contribution in [2.75, 3.05) is 26.3 Å². The molecule has 9 heteroatoms. The fourth-order valence-corrected chi connectivity index (χ4v) is 6.00. The summed E-state index contributed by atoms with van der Waals surface area (Å²) in [6, 6.07) is -0.778. The number of halogens is 1. The summed E-state index contributed by atoms with van der Waals surface area (Å²) < 4.78 is 11.5. The number of unbranched alkanes of at least 4 members (excludes halogenated alkanes) is 2. The van der Waals surface area contributed by atoms with E-state index in [2.05, 4.69) is 21.2 Å². The van der Waals surface area contributed by atoms with Crippen LogP contribution in [-0.2, 0) is 23.9 Å². The molecule has 6 atom stereocenters. The number of nitrogens with one attached hydrogen (secondary N) is 1. The van der Waals surface area contributed by atoms with Crippen LogP contribution in [0.5, 0.6) is 0 Å². The molecule has 2 bridgehead atoms. The highest BCUT2D eigenvalue weighted by Gasteiger charge is 2.76. The van der Waals surface area contributed by atoms with E-state index < -0.39 is 35.6 Å². The van der Waals surface area contributed by atoms with Gasteiger partial charge in [0, 0.05) is 24.5 Å². The second-order valence-corrected chi connectivity index (χ2v) is 9.20. The molecule has 3 fully saturated rings. The lowest BCUT2D eigenvalue weighted by atomic mass is 9.70. The van der Waals surface area contributed by atoms with Crippen molar-refractivity contribution < 1.29 is 29.0 Å². The van der Waals surface area contributed by atoms with E-state index in [4.69, 9.17) is 14.6 Å². The highest BCUT2D eigenvalue weighted by Crippen LogP contribution is 2.60. The molecule has 2 amide bonds. The van der Waals surface area contributed by atoms with Crippen LogP contribution in [-0.4, -0.2) is 76.7 Å². The first kappa shape index (κ1) is 22.5. The van der Waals surface area contributed by atoms with Gasteiger partial charge in [0.1, 0.15) is 11.6 Å². The molecule has 3 aliphatic heterocycles. The van der Waals surface area contributed by atoms with Gasteiger partial charge in [-0.1, -0.05) is 29.3 Å². The van der Waals surface area contributed by atoms with Crippen LogP contribution in [0.2, 0.25) is 0 Å². The van der Waals surface area contributed by atoms with Crippen LogP contribution in [0.25, 0.3) is 0 Å². The molecule has 0 aromatic heterocycles. The summed E-state index contributed by atoms with van der Waals surface area (Å²) in [5, 5.41) is 12.1. The smallest absolute Gasteiger partial charge is 0.312 e. The lowest BCUT2D eigenvalue weighted by Gasteiger charge is -2.34. The first-order chi connectivity index (χ1) is 13.9. The number of ether oxygens (including phenoxy) is 2. The van der Waals surface area contributed by atoms with E-state index in [1.807, 2.05) is 6.92 Å². The highest BCUT2D eigenvalue weighted by atomic mass is 79.9. The number of carbonyl (C=O) groups excluding carboxylic acids is 3. The molecule has 1 spiro atoms. The zero-order valence-corrected chi connectivity index (χ0v) is 18.7. The van der Waals surface area contributed by atoms with Crippen molar-refractivity contribution >= 4 is 33.7 Å². The van der Waals surface area contributed by atoms with E-state index in [1.54, 1.807) is 11.8 Å². The van der Waals surface area contributed by atoms with Crippen LogP contribution in [0.1, 0.15) is 46.0 Å². The molecule has 8 nitrogen and oxygen atoms in total. The van der Waals surface area contributed by atoms with Crippen molar-refractivity contribution in [2.45, 2.75) is 68.5 Å². The SMILES string of the molecule is CCCCNC(=O)C1N(CCCCO)C(=O)[C@@H]2[C@H](C(=O)OCC)[C@H]3OC12CC3Br. The van der Waals surface area contributed by atoms with Gasteiger partial charge in [0.2, 0.25) is 11.8 Å². The van der Waals surface area contributed by atoms with Crippen molar-refractivity contribution in [3.05, 3.63) is 0 Å². The molecule has 3 rings (SSSR count). The number of hydrogen-bond acceptors (Lipinski definition) is 6. The van der Waals surface area contributed by atoms with E-state index in [1.165, 1.54) is 0 Å². The van der Waals surface area contributed by atoms with E-state index in [0.29, 0.717) is 32.4 Å². The van der Waals surface area contributed by atoms with Crippen LogP contribution in [0.4, 0.5) is 0 Å². The summed E-state index contributed by atoms with van der Waals surface area (Å²) in [6.45, 7) is 4.91. The average molecular weight is 475 g/mol. The predicted molar refractivity (Wildman–Crippen MR) is 108 cm³/mol. The van der Waals surface area contributed by atoms with Crippen LogP contribution >= 0.6 is 15.9 Å². The minimum atomic E-state index is -1.02. The Morgan fingerprint density at radius 1 is 1.34 bits per heavy atom. The number of amides is 2. The topological polar surface area (TPSA) is 105 Å². The lowest BCUT2D eigenvalue weighted by Crippen LogP contribution is -2.56. The monoisotopic (exact) mass is 474 g/mol. The Morgan fingerprint density at radius 2 is 2.10 bits per heavy atom. The molecule has 29 heavy (non-hydrogen) atoms. The van der Waals surface area contributed by atoms with Gasteiger partial charge < -0.3 is 24.8 Å². The third-order valence-corrected chi connectivity index (χ3v) is 7.08. The Hall–Kier alpha value is -1.19. The molecule has 0 radical (unpaired) electrons. The number of rotatable bonds is 10. The fourth-order valence-electron chi connectivity index (χ4n) is 5.06. The first-order valence-electron chi connectivity index (χ1n) is 10.6. The van der Waals surface area contributed by atoms with Gasteiger partial charge in [-0.2, -0.15) is 0 Å². The van der Waals surface area contributed by atoms with Crippen LogP contribution < -0.4 is 5.32 Å². The van der Waals surface area contributed by atoms with Gasteiger partial charge in [-0.3, -0.25) is 14.4 Å². The molecule has 3 aliphatic rings. The van der Waals surface area contributed by atoms with Crippen molar-refractivity contribution in [2.24, 2.45) is 11.8 Å². The summed E-state index contributed by atoms with van der Waals surface area (Å²) in [4.78, 5) is 40.7. The minimum Gasteiger partial charge on any atom is -0.466 e. The molecule has 3 unspecified atom stereocenters. The molecular weight excluding hydrogens is 444 g/mol. The normalized spacial score (nSPS) is 35.1. The minimum absolute atomic E-state index is 0.0253. The maximum Gasteiger partial charge on any atom is 0.312 e. The van der Waals surface area contributed by atoms with E-state index in [0.717, 1.165) is 12.8 Å². The van der Waals surface area contributed by atoms with Gasteiger partial charge in [0.25, 0.3) is 0 Å². The predicted octanol–water partition coefficient (Wildman–Crippen LogP) is 0.986. The quantitative estimate of drug-likeness (QED) is 0.277. The zero-order chi connectivity index (χ0) is 21.2. The molecule has 2 N–H and O–H groups in total. The Kier molecular flexibility index (Phi) is 7.22. The number of carbonyl (C=O) groups is 3. The summed E-state index contributed by atoms with van der Waals surface area (Å²) in [6.07, 6.45) is 2.93. The lowest BCUT2D eigenvalue weighted by molar-refractivity contribution is -0.154. The van der Waals surface area contributed by atoms with Gasteiger partial charge >= 0.3 is 5.97 Å². The average Bonchev–Trinajstić information content (AvgIpc) is 3.26. The molecule has 0 saturated carbocycles. The summed E-state index contributed by atoms with van der Waals surface area (Å²) in [5.41, 5.74) is -1.02. The number of aliphatic hydroxyl groups is 1. The van der Waals surface area contributed by atoms with Crippen molar-refractivity contribution in [3.63, 3.8) is 0 Å². The van der Waals surface area contributed by atoms with Gasteiger partial charge in [0.15, 0.2) is 0 Å². The number of aliphatic hydroxyl groups excluding tert-OH is 1. The number of nitrogens with zero attached hydrogens (tertiary/aromatic N) is 1. The standard InChI is InChI=1S/C20H31BrN2O6/c1-3-5-8-22-17(25)16-20-11-12(21)15(29-20)13(19(27)28-4-2)14(20)18(26)23(16)9-6-7-10-24/h12-16,24H,3-11H2,1-2H3,(H,22,25)/t12?,13-,14-,15-,16?,20?/m0/s1. The molecular formula is C20H31BrN2O6. The van der Waals surface area contributed by atoms with Crippen molar-refractivity contribution in [3.8, 4) is 0 Å². The second-order valence-electron chi connectivity index (χ2n) is 8.02. The third kappa shape index (κ3) is 3.81. The second kappa shape index (κ2) is 9.31. The van der Waals surface area contributed by atoms with E-state index in [9.17, 15) is 14.4 Å². The van der Waals surface area contributed by atoms with Gasteiger partial charge in [-0.05, 0) is 32.6 Å². The fraction of sp³-hybridized carbons (Fsp3) is 0.850. The zero-order valence-electron chi connectivity index (χ0n) is 17.1.